The van der Waals surface area contributed by atoms with Crippen molar-refractivity contribution in [2.45, 2.75) is 25.7 Å². The van der Waals surface area contributed by atoms with Crippen molar-refractivity contribution in [2.24, 2.45) is 0 Å². The van der Waals surface area contributed by atoms with E-state index >= 15 is 0 Å². The number of halogens is 1. The summed E-state index contributed by atoms with van der Waals surface area (Å²) in [4.78, 5) is 0. The smallest absolute Gasteiger partial charge is 0.140 e. The minimum atomic E-state index is -0.935. The first-order chi connectivity index (χ1) is 15.4. The minimum absolute atomic E-state index is 0.0522. The van der Waals surface area contributed by atoms with Gasteiger partial charge in [0.1, 0.15) is 17.1 Å². The van der Waals surface area contributed by atoms with Gasteiger partial charge in [-0.05, 0) is 71.1 Å². The molecule has 0 aromatic heterocycles. The quantitative estimate of drug-likeness (QED) is 0.345. The molecule has 5 heteroatoms. The van der Waals surface area contributed by atoms with Crippen LogP contribution in [0.1, 0.15) is 29.2 Å². The van der Waals surface area contributed by atoms with Crippen molar-refractivity contribution in [1.82, 2.24) is 0 Å². The maximum atomic E-state index is 9.88. The predicted octanol–water partition coefficient (Wildman–Crippen LogP) is 6.25. The highest BCUT2D eigenvalue weighted by molar-refractivity contribution is 9.10. The van der Waals surface area contributed by atoms with Crippen molar-refractivity contribution in [3.63, 3.8) is 0 Å². The van der Waals surface area contributed by atoms with Gasteiger partial charge in [-0.25, -0.2) is 0 Å². The lowest BCUT2D eigenvalue weighted by Crippen LogP contribution is -2.33. The van der Waals surface area contributed by atoms with Crippen molar-refractivity contribution in [1.29, 1.82) is 0 Å². The number of methoxy groups -OCH3 is 1. The number of hydrogen-bond acceptors (Lipinski definition) is 4. The number of phenolic OH excluding ortho intramolecular Hbond substituents is 1. The molecule has 4 nitrogen and oxygen atoms in total. The van der Waals surface area contributed by atoms with Gasteiger partial charge in [0.25, 0.3) is 0 Å². The molecule has 0 radical (unpaired) electrons. The number of rotatable bonds is 9. The number of benzene rings is 3. The molecular formula is C27H27BrO4. The van der Waals surface area contributed by atoms with Gasteiger partial charge in [0.2, 0.25) is 0 Å². The third-order valence-electron chi connectivity index (χ3n) is 5.35. The summed E-state index contributed by atoms with van der Waals surface area (Å²) in [7, 11) is 1.63. The molecule has 0 saturated heterocycles. The molecule has 32 heavy (non-hydrogen) atoms. The van der Waals surface area contributed by atoms with Crippen molar-refractivity contribution in [3.05, 3.63) is 118 Å². The number of aromatic hydroxyl groups is 1. The second kappa shape index (κ2) is 10.6. The Bertz CT molecular complexity index is 1090. The van der Waals surface area contributed by atoms with Crippen LogP contribution >= 0.6 is 15.9 Å². The predicted molar refractivity (Wildman–Crippen MR) is 131 cm³/mol. The Hall–Kier alpha value is -2.86. The Labute approximate surface area is 197 Å². The summed E-state index contributed by atoms with van der Waals surface area (Å²) in [6, 6.07) is 20.6. The van der Waals surface area contributed by atoms with Gasteiger partial charge < -0.3 is 19.7 Å². The topological polar surface area (TPSA) is 58.9 Å². The fourth-order valence-electron chi connectivity index (χ4n) is 3.80. The fraction of sp³-hybridized carbons (Fsp3) is 0.185. The van der Waals surface area contributed by atoms with Crippen molar-refractivity contribution < 1.29 is 19.7 Å². The number of allylic oxidation sites excluding steroid dienone is 2. The van der Waals surface area contributed by atoms with Crippen LogP contribution in [0.25, 0.3) is 0 Å². The van der Waals surface area contributed by atoms with Crippen LogP contribution in [-0.2, 0) is 23.6 Å². The number of aliphatic hydroxyl groups excluding tert-OH is 1. The minimum Gasteiger partial charge on any atom is -0.508 e. The molecule has 0 spiro atoms. The first-order valence-corrected chi connectivity index (χ1v) is 11.0. The lowest BCUT2D eigenvalue weighted by Gasteiger charge is -2.36. The van der Waals surface area contributed by atoms with Crippen molar-refractivity contribution in [3.8, 4) is 11.5 Å². The maximum absolute atomic E-state index is 9.88. The summed E-state index contributed by atoms with van der Waals surface area (Å²) in [5.41, 5.74) is 3.50. The summed E-state index contributed by atoms with van der Waals surface area (Å²) in [6.45, 7) is 6.11. The molecule has 0 aliphatic rings. The van der Waals surface area contributed by atoms with E-state index in [1.165, 1.54) is 0 Å². The van der Waals surface area contributed by atoms with E-state index in [9.17, 15) is 10.2 Å². The Balaban J connectivity index is 2.17. The third kappa shape index (κ3) is 5.13. The van der Waals surface area contributed by atoms with E-state index in [2.05, 4.69) is 22.5 Å². The second-order valence-electron chi connectivity index (χ2n) is 7.46. The van der Waals surface area contributed by atoms with Crippen molar-refractivity contribution in [2.75, 3.05) is 7.11 Å². The summed E-state index contributed by atoms with van der Waals surface area (Å²) in [5, 5.41) is 19.5. The largest absolute Gasteiger partial charge is 0.508 e. The van der Waals surface area contributed by atoms with Crippen LogP contribution in [0.15, 0.2) is 95.5 Å². The average Bonchev–Trinajstić information content (AvgIpc) is 2.80. The van der Waals surface area contributed by atoms with Gasteiger partial charge in [-0.3, -0.25) is 0 Å². The molecule has 3 aromatic carbocycles. The highest BCUT2D eigenvalue weighted by Gasteiger charge is 2.37. The molecule has 0 saturated carbocycles. The van der Waals surface area contributed by atoms with Gasteiger partial charge in [-0.15, -0.1) is 0 Å². The van der Waals surface area contributed by atoms with E-state index in [0.717, 1.165) is 38.0 Å². The standard InChI is InChI=1S/C27H27BrO4/c1-4-5-19(2)27(22-6-10-25(30)11-7-22,23-8-12-26(31-3)13-9-23)32-18-21-14-20(17-29)15-24(28)16-21/h4-16,29-30H,1,17-18H2,2-3H3. The van der Waals surface area contributed by atoms with E-state index in [4.69, 9.17) is 9.47 Å². The highest BCUT2D eigenvalue weighted by atomic mass is 79.9. The molecule has 166 valence electrons. The Morgan fingerprint density at radius 3 is 2.16 bits per heavy atom. The summed E-state index contributed by atoms with van der Waals surface area (Å²) in [5.74, 6) is 0.931. The number of ether oxygens (including phenoxy) is 2. The van der Waals surface area contributed by atoms with Gasteiger partial charge in [0.05, 0.1) is 20.3 Å². The molecule has 0 bridgehead atoms. The lowest BCUT2D eigenvalue weighted by molar-refractivity contribution is -0.00287. The summed E-state index contributed by atoms with van der Waals surface area (Å²) >= 11 is 3.51. The highest BCUT2D eigenvalue weighted by Crippen LogP contribution is 2.42. The monoisotopic (exact) mass is 494 g/mol. The molecule has 1 unspecified atom stereocenters. The van der Waals surface area contributed by atoms with Crippen LogP contribution in [0.3, 0.4) is 0 Å². The van der Waals surface area contributed by atoms with Gasteiger partial charge >= 0.3 is 0 Å². The molecule has 0 aliphatic heterocycles. The molecule has 3 aromatic rings. The molecule has 0 aliphatic carbocycles. The van der Waals surface area contributed by atoms with E-state index in [1.807, 2.05) is 67.6 Å². The Morgan fingerprint density at radius 2 is 1.59 bits per heavy atom. The van der Waals surface area contributed by atoms with Crippen LogP contribution in [0.5, 0.6) is 11.5 Å². The maximum Gasteiger partial charge on any atom is 0.140 e. The van der Waals surface area contributed by atoms with Gasteiger partial charge in [-0.2, -0.15) is 0 Å². The number of hydrogen-bond donors (Lipinski definition) is 2. The molecule has 0 heterocycles. The molecule has 3 rings (SSSR count). The van der Waals surface area contributed by atoms with Gasteiger partial charge in [0.15, 0.2) is 0 Å². The van der Waals surface area contributed by atoms with E-state index in [-0.39, 0.29) is 12.4 Å². The fourth-order valence-corrected chi connectivity index (χ4v) is 4.39. The first kappa shape index (κ1) is 23.8. The number of phenols is 1. The lowest BCUT2D eigenvalue weighted by atomic mass is 9.80. The molecule has 0 amide bonds. The normalized spacial score (nSPS) is 13.4. The molecule has 1 atom stereocenters. The average molecular weight is 495 g/mol. The Kier molecular flexibility index (Phi) is 7.91. The van der Waals surface area contributed by atoms with Crippen LogP contribution in [-0.4, -0.2) is 17.3 Å². The Morgan fingerprint density at radius 1 is 1.00 bits per heavy atom. The van der Waals surface area contributed by atoms with Crippen LogP contribution in [0.4, 0.5) is 0 Å². The SMILES string of the molecule is C=CC=C(C)C(OCc1cc(Br)cc(CO)c1)(c1ccc(O)cc1)c1ccc(OC)cc1. The van der Waals surface area contributed by atoms with Crippen LogP contribution in [0.2, 0.25) is 0 Å². The summed E-state index contributed by atoms with van der Waals surface area (Å²) in [6.07, 6.45) is 3.66. The zero-order valence-corrected chi connectivity index (χ0v) is 19.8. The van der Waals surface area contributed by atoms with Crippen LogP contribution < -0.4 is 4.74 Å². The molecule has 2 N–H and O–H groups in total. The number of aliphatic hydroxyl groups is 1. The van der Waals surface area contributed by atoms with Crippen LogP contribution in [0, 0.1) is 0 Å². The van der Waals surface area contributed by atoms with Gasteiger partial charge in [0, 0.05) is 4.47 Å². The van der Waals surface area contributed by atoms with Crippen molar-refractivity contribution >= 4 is 15.9 Å². The summed E-state index contributed by atoms with van der Waals surface area (Å²) < 4.78 is 13.0. The third-order valence-corrected chi connectivity index (χ3v) is 5.81. The second-order valence-corrected chi connectivity index (χ2v) is 8.37. The van der Waals surface area contributed by atoms with E-state index < -0.39 is 5.60 Å². The zero-order chi connectivity index (χ0) is 23.1. The van der Waals surface area contributed by atoms with Gasteiger partial charge in [-0.1, -0.05) is 65.0 Å². The zero-order valence-electron chi connectivity index (χ0n) is 18.2. The molecular weight excluding hydrogens is 468 g/mol. The van der Waals surface area contributed by atoms with E-state index in [1.54, 1.807) is 25.3 Å². The first-order valence-electron chi connectivity index (χ1n) is 10.2. The molecule has 0 fully saturated rings. The van der Waals surface area contributed by atoms with E-state index in [0.29, 0.717) is 6.61 Å².